The minimum atomic E-state index is 0.252. The molecule has 1 aromatic carbocycles. The standard InChI is InChI=1S/C14H21NO2/c1-11-10-15(2)8-4-7-14(11)17-13-6-3-5-12(16)9-13/h3,5-6,9,11,14,16H,4,7-8,10H2,1-2H3. The molecule has 1 heterocycles. The van der Waals surface area contributed by atoms with Crippen molar-refractivity contribution in [1.29, 1.82) is 0 Å². The van der Waals surface area contributed by atoms with E-state index in [4.69, 9.17) is 4.74 Å². The first kappa shape index (κ1) is 12.2. The van der Waals surface area contributed by atoms with Gasteiger partial charge in [-0.2, -0.15) is 0 Å². The van der Waals surface area contributed by atoms with Gasteiger partial charge in [-0.05, 0) is 38.6 Å². The summed E-state index contributed by atoms with van der Waals surface area (Å²) < 4.78 is 5.99. The SMILES string of the molecule is CC1CN(C)CCCC1Oc1cccc(O)c1. The van der Waals surface area contributed by atoms with Gasteiger partial charge in [0.2, 0.25) is 0 Å². The fourth-order valence-electron chi connectivity index (χ4n) is 2.45. The Morgan fingerprint density at radius 3 is 3.00 bits per heavy atom. The highest BCUT2D eigenvalue weighted by Gasteiger charge is 2.23. The molecule has 0 bridgehead atoms. The Hall–Kier alpha value is -1.22. The quantitative estimate of drug-likeness (QED) is 0.855. The normalized spacial score (nSPS) is 26.5. The number of hydrogen-bond acceptors (Lipinski definition) is 3. The highest BCUT2D eigenvalue weighted by molar-refractivity contribution is 5.31. The predicted octanol–water partition coefficient (Wildman–Crippen LogP) is 2.50. The lowest BCUT2D eigenvalue weighted by Gasteiger charge is -2.24. The molecule has 0 aliphatic carbocycles. The van der Waals surface area contributed by atoms with Gasteiger partial charge in [-0.1, -0.05) is 13.0 Å². The summed E-state index contributed by atoms with van der Waals surface area (Å²) in [7, 11) is 2.16. The third-order valence-electron chi connectivity index (χ3n) is 3.37. The molecule has 0 saturated carbocycles. The average Bonchev–Trinajstić information content (AvgIpc) is 2.41. The molecule has 2 atom stereocenters. The molecule has 1 fully saturated rings. The van der Waals surface area contributed by atoms with Crippen LogP contribution in [0.4, 0.5) is 0 Å². The fourth-order valence-corrected chi connectivity index (χ4v) is 2.45. The Bertz CT molecular complexity index is 367. The number of nitrogens with zero attached hydrogens (tertiary/aromatic N) is 1. The molecule has 0 amide bonds. The first-order valence-electron chi connectivity index (χ1n) is 6.29. The average molecular weight is 235 g/mol. The van der Waals surface area contributed by atoms with E-state index in [1.54, 1.807) is 12.1 Å². The van der Waals surface area contributed by atoms with Crippen LogP contribution in [-0.4, -0.2) is 36.2 Å². The molecule has 0 aromatic heterocycles. The minimum Gasteiger partial charge on any atom is -0.508 e. The lowest BCUT2D eigenvalue weighted by Crippen LogP contribution is -2.30. The molecule has 94 valence electrons. The highest BCUT2D eigenvalue weighted by atomic mass is 16.5. The maximum absolute atomic E-state index is 9.42. The predicted molar refractivity (Wildman–Crippen MR) is 68.4 cm³/mol. The van der Waals surface area contributed by atoms with Crippen molar-refractivity contribution in [3.05, 3.63) is 24.3 Å². The highest BCUT2D eigenvalue weighted by Crippen LogP contribution is 2.24. The topological polar surface area (TPSA) is 32.7 Å². The second-order valence-electron chi connectivity index (χ2n) is 5.04. The fraction of sp³-hybridized carbons (Fsp3) is 0.571. The number of benzene rings is 1. The smallest absolute Gasteiger partial charge is 0.123 e. The first-order valence-corrected chi connectivity index (χ1v) is 6.29. The van der Waals surface area contributed by atoms with Gasteiger partial charge < -0.3 is 14.7 Å². The van der Waals surface area contributed by atoms with Crippen molar-refractivity contribution in [3.8, 4) is 11.5 Å². The van der Waals surface area contributed by atoms with Crippen molar-refractivity contribution < 1.29 is 9.84 Å². The number of phenols is 1. The van der Waals surface area contributed by atoms with Crippen LogP contribution in [0.25, 0.3) is 0 Å². The zero-order valence-electron chi connectivity index (χ0n) is 10.6. The van der Waals surface area contributed by atoms with Crippen LogP contribution in [-0.2, 0) is 0 Å². The summed E-state index contributed by atoms with van der Waals surface area (Å²) in [5.41, 5.74) is 0. The third-order valence-corrected chi connectivity index (χ3v) is 3.37. The molecule has 1 saturated heterocycles. The van der Waals surface area contributed by atoms with Gasteiger partial charge in [0.15, 0.2) is 0 Å². The third kappa shape index (κ3) is 3.37. The Labute approximate surface area is 103 Å². The molecular formula is C14H21NO2. The zero-order chi connectivity index (χ0) is 12.3. The van der Waals surface area contributed by atoms with Gasteiger partial charge in [0, 0.05) is 18.5 Å². The number of rotatable bonds is 2. The molecule has 1 aromatic rings. The van der Waals surface area contributed by atoms with Crippen LogP contribution in [0.3, 0.4) is 0 Å². The van der Waals surface area contributed by atoms with Crippen molar-refractivity contribution in [2.24, 2.45) is 5.92 Å². The van der Waals surface area contributed by atoms with E-state index in [1.165, 1.54) is 6.42 Å². The minimum absolute atomic E-state index is 0.252. The van der Waals surface area contributed by atoms with E-state index in [9.17, 15) is 5.11 Å². The number of hydrogen-bond donors (Lipinski definition) is 1. The molecule has 17 heavy (non-hydrogen) atoms. The second-order valence-corrected chi connectivity index (χ2v) is 5.04. The Balaban J connectivity index is 2.02. The second kappa shape index (κ2) is 5.41. The summed E-state index contributed by atoms with van der Waals surface area (Å²) in [6.07, 6.45) is 2.51. The summed E-state index contributed by atoms with van der Waals surface area (Å²) in [5, 5.41) is 9.42. The van der Waals surface area contributed by atoms with Crippen LogP contribution < -0.4 is 4.74 Å². The maximum atomic E-state index is 9.42. The molecule has 3 nitrogen and oxygen atoms in total. The van der Waals surface area contributed by atoms with Gasteiger partial charge in [0.25, 0.3) is 0 Å². The van der Waals surface area contributed by atoms with E-state index in [1.807, 2.05) is 12.1 Å². The zero-order valence-corrected chi connectivity index (χ0v) is 10.6. The van der Waals surface area contributed by atoms with Gasteiger partial charge in [-0.15, -0.1) is 0 Å². The summed E-state index contributed by atoms with van der Waals surface area (Å²) in [4.78, 5) is 2.36. The lowest BCUT2D eigenvalue weighted by molar-refractivity contribution is 0.131. The molecule has 1 aliphatic rings. The molecule has 0 spiro atoms. The van der Waals surface area contributed by atoms with E-state index in [0.717, 1.165) is 25.3 Å². The molecule has 2 unspecified atom stereocenters. The largest absolute Gasteiger partial charge is 0.508 e. The molecule has 1 aliphatic heterocycles. The van der Waals surface area contributed by atoms with Gasteiger partial charge >= 0.3 is 0 Å². The van der Waals surface area contributed by atoms with Crippen LogP contribution >= 0.6 is 0 Å². The molecule has 0 radical (unpaired) electrons. The summed E-state index contributed by atoms with van der Waals surface area (Å²) >= 11 is 0. The summed E-state index contributed by atoms with van der Waals surface area (Å²) in [5.74, 6) is 1.55. The summed E-state index contributed by atoms with van der Waals surface area (Å²) in [6, 6.07) is 7.07. The van der Waals surface area contributed by atoms with Crippen molar-refractivity contribution in [2.45, 2.75) is 25.9 Å². The number of likely N-dealkylation sites (tertiary alicyclic amines) is 1. The Morgan fingerprint density at radius 2 is 2.24 bits per heavy atom. The van der Waals surface area contributed by atoms with Gasteiger partial charge in [-0.25, -0.2) is 0 Å². The van der Waals surface area contributed by atoms with E-state index in [2.05, 4.69) is 18.9 Å². The van der Waals surface area contributed by atoms with E-state index in [0.29, 0.717) is 5.92 Å². The summed E-state index contributed by atoms with van der Waals surface area (Å²) in [6.45, 7) is 4.45. The Kier molecular flexibility index (Phi) is 3.89. The number of aromatic hydroxyl groups is 1. The molecule has 1 N–H and O–H groups in total. The van der Waals surface area contributed by atoms with Crippen molar-refractivity contribution in [2.75, 3.05) is 20.1 Å². The van der Waals surface area contributed by atoms with Crippen LogP contribution in [0.2, 0.25) is 0 Å². The van der Waals surface area contributed by atoms with Gasteiger partial charge in [0.1, 0.15) is 17.6 Å². The molecule has 2 rings (SSSR count). The van der Waals surface area contributed by atoms with Crippen LogP contribution in [0.5, 0.6) is 11.5 Å². The lowest BCUT2D eigenvalue weighted by atomic mass is 10.0. The number of ether oxygens (including phenoxy) is 1. The van der Waals surface area contributed by atoms with E-state index >= 15 is 0 Å². The van der Waals surface area contributed by atoms with Gasteiger partial charge in [-0.3, -0.25) is 0 Å². The van der Waals surface area contributed by atoms with Crippen molar-refractivity contribution in [1.82, 2.24) is 4.90 Å². The van der Waals surface area contributed by atoms with Crippen molar-refractivity contribution >= 4 is 0 Å². The van der Waals surface area contributed by atoms with Crippen LogP contribution in [0, 0.1) is 5.92 Å². The van der Waals surface area contributed by atoms with Crippen LogP contribution in [0.1, 0.15) is 19.8 Å². The van der Waals surface area contributed by atoms with Gasteiger partial charge in [0.05, 0.1) is 0 Å². The van der Waals surface area contributed by atoms with Crippen LogP contribution in [0.15, 0.2) is 24.3 Å². The maximum Gasteiger partial charge on any atom is 0.123 e. The van der Waals surface area contributed by atoms with Crippen molar-refractivity contribution in [3.63, 3.8) is 0 Å². The molecular weight excluding hydrogens is 214 g/mol. The number of phenolic OH excluding ortho intramolecular Hbond substituents is 1. The molecule has 3 heteroatoms. The van der Waals surface area contributed by atoms with E-state index in [-0.39, 0.29) is 11.9 Å². The van der Waals surface area contributed by atoms with E-state index < -0.39 is 0 Å². The first-order chi connectivity index (χ1) is 8.15. The monoisotopic (exact) mass is 235 g/mol. The Morgan fingerprint density at radius 1 is 1.41 bits per heavy atom.